The number of halogens is 1. The molecule has 0 bridgehead atoms. The number of carbonyl (C=O) groups excluding carboxylic acids is 1. The van der Waals surface area contributed by atoms with Crippen LogP contribution in [0.2, 0.25) is 0 Å². The minimum absolute atomic E-state index is 0. The fourth-order valence-electron chi connectivity index (χ4n) is 2.52. The van der Waals surface area contributed by atoms with Crippen molar-refractivity contribution in [2.75, 3.05) is 32.8 Å². The van der Waals surface area contributed by atoms with Gasteiger partial charge in [0.1, 0.15) is 0 Å². The molecule has 0 spiro atoms. The zero-order valence-corrected chi connectivity index (χ0v) is 14.0. The minimum atomic E-state index is 0. The van der Waals surface area contributed by atoms with Crippen LogP contribution in [0.1, 0.15) is 22.6 Å². The van der Waals surface area contributed by atoms with Gasteiger partial charge in [-0.2, -0.15) is 9.90 Å². The van der Waals surface area contributed by atoms with Crippen LogP contribution in [0, 0.1) is 6.92 Å². The van der Waals surface area contributed by atoms with E-state index in [2.05, 4.69) is 15.1 Å². The van der Waals surface area contributed by atoms with Gasteiger partial charge in [-0.3, -0.25) is 9.69 Å². The molecule has 2 aromatic rings. The quantitative estimate of drug-likeness (QED) is 0.780. The Hall–Kier alpha value is -1.76. The number of aromatic nitrogens is 3. The lowest BCUT2D eigenvalue weighted by Crippen LogP contribution is -2.37. The minimum Gasteiger partial charge on any atom is -0.379 e. The van der Waals surface area contributed by atoms with Crippen LogP contribution in [0.5, 0.6) is 0 Å². The maximum Gasteiger partial charge on any atom is 0.186 e. The molecule has 0 N–H and O–H groups in total. The third-order valence-electron chi connectivity index (χ3n) is 3.79. The molecule has 1 fully saturated rings. The number of benzene rings is 1. The van der Waals surface area contributed by atoms with E-state index in [1.54, 1.807) is 0 Å². The monoisotopic (exact) mass is 336 g/mol. The van der Waals surface area contributed by atoms with Gasteiger partial charge >= 0.3 is 0 Å². The summed E-state index contributed by atoms with van der Waals surface area (Å²) in [6.45, 7) is 5.86. The maximum atomic E-state index is 12.4. The summed E-state index contributed by atoms with van der Waals surface area (Å²) < 4.78 is 5.31. The van der Waals surface area contributed by atoms with Crippen LogP contribution in [-0.4, -0.2) is 58.5 Å². The molecule has 0 atom stereocenters. The predicted octanol–water partition coefficient (Wildman–Crippen LogP) is 1.90. The van der Waals surface area contributed by atoms with E-state index < -0.39 is 0 Å². The van der Waals surface area contributed by atoms with Gasteiger partial charge in [0.2, 0.25) is 0 Å². The molecule has 6 nitrogen and oxygen atoms in total. The molecule has 1 saturated heterocycles. The first kappa shape index (κ1) is 17.6. The van der Waals surface area contributed by atoms with Crippen molar-refractivity contribution in [1.82, 2.24) is 19.9 Å². The third-order valence-corrected chi connectivity index (χ3v) is 3.79. The highest BCUT2D eigenvalue weighted by atomic mass is 35.5. The molecule has 3 rings (SSSR count). The van der Waals surface area contributed by atoms with Gasteiger partial charge in [-0.05, 0) is 19.1 Å². The van der Waals surface area contributed by atoms with E-state index >= 15 is 0 Å². The van der Waals surface area contributed by atoms with Crippen molar-refractivity contribution < 1.29 is 9.53 Å². The molecule has 0 saturated carbocycles. The molecule has 1 aliphatic rings. The van der Waals surface area contributed by atoms with Crippen LogP contribution in [0.4, 0.5) is 0 Å². The van der Waals surface area contributed by atoms with E-state index in [1.165, 1.54) is 4.80 Å². The Kier molecular flexibility index (Phi) is 6.27. The second-order valence-electron chi connectivity index (χ2n) is 5.39. The van der Waals surface area contributed by atoms with Crippen molar-refractivity contribution in [3.8, 4) is 5.69 Å². The molecule has 7 heteroatoms. The normalized spacial score (nSPS) is 15.2. The summed E-state index contributed by atoms with van der Waals surface area (Å²) in [6, 6.07) is 9.62. The first-order valence-corrected chi connectivity index (χ1v) is 7.57. The number of hydrogen-bond acceptors (Lipinski definition) is 5. The van der Waals surface area contributed by atoms with Crippen LogP contribution in [0.3, 0.4) is 0 Å². The topological polar surface area (TPSA) is 60.2 Å². The fourth-order valence-corrected chi connectivity index (χ4v) is 2.52. The van der Waals surface area contributed by atoms with Crippen LogP contribution in [-0.2, 0) is 4.74 Å². The summed E-state index contributed by atoms with van der Waals surface area (Å²) in [5.74, 6) is 0.0474. The van der Waals surface area contributed by atoms with E-state index in [9.17, 15) is 4.79 Å². The molecular formula is C16H21ClN4O2. The number of rotatable bonds is 5. The van der Waals surface area contributed by atoms with Gasteiger partial charge in [0.05, 0.1) is 24.6 Å². The summed E-state index contributed by atoms with van der Waals surface area (Å²) in [5.41, 5.74) is 2.01. The molecular weight excluding hydrogens is 316 g/mol. The number of aryl methyl sites for hydroxylation is 1. The zero-order chi connectivity index (χ0) is 15.4. The summed E-state index contributed by atoms with van der Waals surface area (Å²) in [7, 11) is 0. The summed E-state index contributed by atoms with van der Waals surface area (Å²) in [4.78, 5) is 16.2. The van der Waals surface area contributed by atoms with E-state index in [0.29, 0.717) is 17.8 Å². The van der Waals surface area contributed by atoms with E-state index in [0.717, 1.165) is 38.5 Å². The Morgan fingerprint density at radius 3 is 2.57 bits per heavy atom. The van der Waals surface area contributed by atoms with Gasteiger partial charge in [-0.1, -0.05) is 18.2 Å². The Morgan fingerprint density at radius 1 is 1.17 bits per heavy atom. The lowest BCUT2D eigenvalue weighted by Gasteiger charge is -2.25. The van der Waals surface area contributed by atoms with Crippen LogP contribution in [0.15, 0.2) is 30.3 Å². The Morgan fingerprint density at radius 2 is 1.87 bits per heavy atom. The molecule has 1 aliphatic heterocycles. The predicted molar refractivity (Wildman–Crippen MR) is 89.6 cm³/mol. The first-order chi connectivity index (χ1) is 10.7. The summed E-state index contributed by atoms with van der Waals surface area (Å²) in [5, 5.41) is 8.70. The largest absolute Gasteiger partial charge is 0.379 e. The number of para-hydroxylation sites is 1. The molecule has 1 aromatic carbocycles. The van der Waals surface area contributed by atoms with E-state index in [-0.39, 0.29) is 18.2 Å². The molecule has 0 aliphatic carbocycles. The number of ketones is 1. The number of ether oxygens (including phenoxy) is 1. The number of carbonyl (C=O) groups is 1. The summed E-state index contributed by atoms with van der Waals surface area (Å²) in [6.07, 6.45) is 0.467. The van der Waals surface area contributed by atoms with Crippen molar-refractivity contribution in [1.29, 1.82) is 0 Å². The van der Waals surface area contributed by atoms with Gasteiger partial charge in [-0.15, -0.1) is 17.5 Å². The van der Waals surface area contributed by atoms with E-state index in [4.69, 9.17) is 4.74 Å². The molecule has 1 aromatic heterocycles. The van der Waals surface area contributed by atoms with Gasteiger partial charge in [0.25, 0.3) is 0 Å². The molecule has 0 amide bonds. The van der Waals surface area contributed by atoms with Crippen LogP contribution in [0.25, 0.3) is 5.69 Å². The van der Waals surface area contributed by atoms with Crippen LogP contribution >= 0.6 is 12.4 Å². The maximum absolute atomic E-state index is 12.4. The molecule has 0 unspecified atom stereocenters. The van der Waals surface area contributed by atoms with Gasteiger partial charge in [-0.25, -0.2) is 0 Å². The highest BCUT2D eigenvalue weighted by Crippen LogP contribution is 2.10. The Bertz CT molecular complexity index is 639. The highest BCUT2D eigenvalue weighted by Gasteiger charge is 2.18. The SMILES string of the molecule is Cc1nn(-c2ccccc2)nc1C(=O)CCN1CCOCC1.Cl. The molecule has 124 valence electrons. The Balaban J connectivity index is 0.00000192. The lowest BCUT2D eigenvalue weighted by molar-refractivity contribution is 0.0369. The van der Waals surface area contributed by atoms with Crippen molar-refractivity contribution in [2.45, 2.75) is 13.3 Å². The number of hydrogen-bond donors (Lipinski definition) is 0. The van der Waals surface area contributed by atoms with Gasteiger partial charge in [0.15, 0.2) is 11.5 Å². The average Bonchev–Trinajstić information content (AvgIpc) is 2.96. The van der Waals surface area contributed by atoms with Crippen molar-refractivity contribution >= 4 is 18.2 Å². The zero-order valence-electron chi connectivity index (χ0n) is 13.1. The van der Waals surface area contributed by atoms with E-state index in [1.807, 2.05) is 37.3 Å². The lowest BCUT2D eigenvalue weighted by atomic mass is 10.2. The second kappa shape index (κ2) is 8.19. The van der Waals surface area contributed by atoms with Crippen LogP contribution < -0.4 is 0 Å². The number of nitrogens with zero attached hydrogens (tertiary/aromatic N) is 4. The fraction of sp³-hybridized carbons (Fsp3) is 0.438. The van der Waals surface area contributed by atoms with Crippen molar-refractivity contribution in [3.05, 3.63) is 41.7 Å². The highest BCUT2D eigenvalue weighted by molar-refractivity contribution is 5.95. The van der Waals surface area contributed by atoms with Gasteiger partial charge in [0, 0.05) is 26.1 Å². The number of Topliss-reactive ketones (excluding diaryl/α,β-unsaturated/α-hetero) is 1. The summed E-state index contributed by atoms with van der Waals surface area (Å²) >= 11 is 0. The van der Waals surface area contributed by atoms with Crippen molar-refractivity contribution in [3.63, 3.8) is 0 Å². The van der Waals surface area contributed by atoms with Gasteiger partial charge < -0.3 is 4.74 Å². The second-order valence-corrected chi connectivity index (χ2v) is 5.39. The third kappa shape index (κ3) is 4.37. The molecule has 2 heterocycles. The standard InChI is InChI=1S/C16H20N4O2.ClH/c1-13-16(15(21)7-8-19-9-11-22-12-10-19)18-20(17-13)14-5-3-2-4-6-14;/h2-6H,7-12H2,1H3;1H. The first-order valence-electron chi connectivity index (χ1n) is 7.57. The molecule has 23 heavy (non-hydrogen) atoms. The van der Waals surface area contributed by atoms with Crippen molar-refractivity contribution in [2.24, 2.45) is 0 Å². The Labute approximate surface area is 141 Å². The average molecular weight is 337 g/mol. The number of morpholine rings is 1. The smallest absolute Gasteiger partial charge is 0.186 e. The molecule has 0 radical (unpaired) electrons.